The van der Waals surface area contributed by atoms with E-state index in [1.807, 2.05) is 18.2 Å². The summed E-state index contributed by atoms with van der Waals surface area (Å²) in [6.45, 7) is 4.45. The molecule has 2 N–H and O–H groups in total. The first-order chi connectivity index (χ1) is 11.5. The molecule has 0 fully saturated rings. The van der Waals surface area contributed by atoms with Gasteiger partial charge in [0.1, 0.15) is 0 Å². The Balaban J connectivity index is 1.90. The summed E-state index contributed by atoms with van der Waals surface area (Å²) in [5.74, 6) is 0. The van der Waals surface area contributed by atoms with Crippen LogP contribution >= 0.6 is 0 Å². The fourth-order valence-corrected chi connectivity index (χ4v) is 3.74. The van der Waals surface area contributed by atoms with Crippen LogP contribution in [-0.2, 0) is 5.41 Å². The lowest BCUT2D eigenvalue weighted by Crippen LogP contribution is -2.30. The molecule has 118 valence electrons. The molecule has 0 saturated heterocycles. The fourth-order valence-electron chi connectivity index (χ4n) is 3.74. The monoisotopic (exact) mass is 314 g/mol. The highest BCUT2D eigenvalue weighted by Gasteiger charge is 2.36. The molecule has 0 heterocycles. The molecule has 3 heteroatoms. The standard InChI is InChI=1S/C21H19BO2/c1-21(2)19-11-9-16(22(23)24)13-18(19)17-10-8-15(12-20(17)21)14-6-4-3-5-7-14/h3-13,23-24H,1-2H3. The summed E-state index contributed by atoms with van der Waals surface area (Å²) < 4.78 is 0. The van der Waals surface area contributed by atoms with Gasteiger partial charge in [-0.15, -0.1) is 0 Å². The minimum absolute atomic E-state index is 0.103. The lowest BCUT2D eigenvalue weighted by atomic mass is 9.77. The number of hydrogen-bond donors (Lipinski definition) is 2. The summed E-state index contributed by atoms with van der Waals surface area (Å²) in [5, 5.41) is 19.0. The summed E-state index contributed by atoms with van der Waals surface area (Å²) in [7, 11) is -1.44. The lowest BCUT2D eigenvalue weighted by Gasteiger charge is -2.22. The summed E-state index contributed by atoms with van der Waals surface area (Å²) >= 11 is 0. The van der Waals surface area contributed by atoms with Crippen LogP contribution < -0.4 is 5.46 Å². The highest BCUT2D eigenvalue weighted by atomic mass is 16.4. The molecular formula is C21H19BO2. The Morgan fingerprint density at radius 2 is 1.46 bits per heavy atom. The minimum atomic E-state index is -1.44. The first-order valence-electron chi connectivity index (χ1n) is 8.19. The van der Waals surface area contributed by atoms with Crippen molar-refractivity contribution in [2.24, 2.45) is 0 Å². The lowest BCUT2D eigenvalue weighted by molar-refractivity contribution is 0.426. The van der Waals surface area contributed by atoms with E-state index < -0.39 is 7.12 Å². The Labute approximate surface area is 142 Å². The Bertz CT molecular complexity index is 914. The molecule has 0 bridgehead atoms. The second kappa shape index (κ2) is 5.33. The topological polar surface area (TPSA) is 40.5 Å². The molecule has 0 aromatic heterocycles. The fraction of sp³-hybridized carbons (Fsp3) is 0.143. The molecule has 0 amide bonds. The third-order valence-electron chi connectivity index (χ3n) is 5.11. The second-order valence-electron chi connectivity index (χ2n) is 6.93. The van der Waals surface area contributed by atoms with Crippen LogP contribution in [0.3, 0.4) is 0 Å². The highest BCUT2D eigenvalue weighted by molar-refractivity contribution is 6.58. The van der Waals surface area contributed by atoms with E-state index >= 15 is 0 Å². The Kier molecular flexibility index (Phi) is 3.38. The summed E-state index contributed by atoms with van der Waals surface area (Å²) in [4.78, 5) is 0. The molecule has 24 heavy (non-hydrogen) atoms. The van der Waals surface area contributed by atoms with Crippen LogP contribution in [0.15, 0.2) is 66.7 Å². The van der Waals surface area contributed by atoms with E-state index in [1.54, 1.807) is 6.07 Å². The Morgan fingerprint density at radius 1 is 0.708 bits per heavy atom. The Morgan fingerprint density at radius 3 is 2.17 bits per heavy atom. The summed E-state index contributed by atoms with van der Waals surface area (Å²) in [5.41, 5.74) is 7.63. The molecule has 0 aliphatic heterocycles. The number of rotatable bonds is 2. The van der Waals surface area contributed by atoms with E-state index in [0.29, 0.717) is 5.46 Å². The van der Waals surface area contributed by atoms with Crippen LogP contribution in [0.5, 0.6) is 0 Å². The van der Waals surface area contributed by atoms with Crippen molar-refractivity contribution < 1.29 is 10.0 Å². The molecule has 0 spiro atoms. The van der Waals surface area contributed by atoms with Crippen molar-refractivity contribution in [3.05, 3.63) is 77.9 Å². The van der Waals surface area contributed by atoms with Gasteiger partial charge in [-0.2, -0.15) is 0 Å². The first-order valence-corrected chi connectivity index (χ1v) is 8.19. The maximum Gasteiger partial charge on any atom is 0.488 e. The average molecular weight is 314 g/mol. The molecule has 0 atom stereocenters. The molecule has 2 nitrogen and oxygen atoms in total. The van der Waals surface area contributed by atoms with E-state index in [2.05, 4.69) is 56.3 Å². The number of hydrogen-bond acceptors (Lipinski definition) is 2. The third-order valence-corrected chi connectivity index (χ3v) is 5.11. The molecule has 0 unspecified atom stereocenters. The zero-order chi connectivity index (χ0) is 16.9. The molecule has 0 radical (unpaired) electrons. The van der Waals surface area contributed by atoms with Gasteiger partial charge in [0, 0.05) is 5.41 Å². The first kappa shape index (κ1) is 15.2. The van der Waals surface area contributed by atoms with Gasteiger partial charge in [-0.1, -0.05) is 74.5 Å². The largest absolute Gasteiger partial charge is 0.488 e. The maximum atomic E-state index is 9.48. The molecule has 1 aliphatic rings. The molecule has 0 saturated carbocycles. The van der Waals surface area contributed by atoms with Crippen molar-refractivity contribution in [1.82, 2.24) is 0 Å². The summed E-state index contributed by atoms with van der Waals surface area (Å²) in [6, 6.07) is 22.7. The van der Waals surface area contributed by atoms with Gasteiger partial charge in [0.25, 0.3) is 0 Å². The van der Waals surface area contributed by atoms with Crippen LogP contribution in [0.4, 0.5) is 0 Å². The molecule has 4 rings (SSSR count). The predicted octanol–water partition coefficient (Wildman–Crippen LogP) is 3.34. The van der Waals surface area contributed by atoms with E-state index in [1.165, 1.54) is 27.8 Å². The van der Waals surface area contributed by atoms with Crippen molar-refractivity contribution in [3.63, 3.8) is 0 Å². The van der Waals surface area contributed by atoms with Gasteiger partial charge in [-0.3, -0.25) is 0 Å². The van der Waals surface area contributed by atoms with Gasteiger partial charge in [0.05, 0.1) is 0 Å². The van der Waals surface area contributed by atoms with Crippen LogP contribution in [0.1, 0.15) is 25.0 Å². The van der Waals surface area contributed by atoms with E-state index in [9.17, 15) is 10.0 Å². The van der Waals surface area contributed by atoms with Crippen molar-refractivity contribution >= 4 is 12.6 Å². The van der Waals surface area contributed by atoms with Gasteiger partial charge < -0.3 is 10.0 Å². The zero-order valence-corrected chi connectivity index (χ0v) is 13.8. The predicted molar refractivity (Wildman–Crippen MR) is 99.3 cm³/mol. The highest BCUT2D eigenvalue weighted by Crippen LogP contribution is 2.49. The Hall–Kier alpha value is -2.36. The smallest absolute Gasteiger partial charge is 0.423 e. The molecule has 1 aliphatic carbocycles. The van der Waals surface area contributed by atoms with Crippen molar-refractivity contribution in [2.45, 2.75) is 19.3 Å². The third kappa shape index (κ3) is 2.21. The van der Waals surface area contributed by atoms with E-state index in [0.717, 1.165) is 5.56 Å². The summed E-state index contributed by atoms with van der Waals surface area (Å²) in [6.07, 6.45) is 0. The number of fused-ring (bicyclic) bond motifs is 3. The molecule has 3 aromatic rings. The van der Waals surface area contributed by atoms with Gasteiger partial charge in [0.15, 0.2) is 0 Å². The van der Waals surface area contributed by atoms with Gasteiger partial charge in [-0.25, -0.2) is 0 Å². The molecular weight excluding hydrogens is 295 g/mol. The van der Waals surface area contributed by atoms with Crippen LogP contribution in [0, 0.1) is 0 Å². The SMILES string of the molecule is CC1(C)c2ccc(B(O)O)cc2-c2ccc(-c3ccccc3)cc21. The van der Waals surface area contributed by atoms with Gasteiger partial charge in [0.2, 0.25) is 0 Å². The van der Waals surface area contributed by atoms with E-state index in [4.69, 9.17) is 0 Å². The van der Waals surface area contributed by atoms with Gasteiger partial charge >= 0.3 is 7.12 Å². The number of benzene rings is 3. The molecule has 3 aromatic carbocycles. The second-order valence-corrected chi connectivity index (χ2v) is 6.93. The van der Waals surface area contributed by atoms with Crippen LogP contribution in [0.25, 0.3) is 22.3 Å². The van der Waals surface area contributed by atoms with Crippen LogP contribution in [0.2, 0.25) is 0 Å². The van der Waals surface area contributed by atoms with Crippen molar-refractivity contribution in [3.8, 4) is 22.3 Å². The van der Waals surface area contributed by atoms with E-state index in [-0.39, 0.29) is 5.41 Å². The van der Waals surface area contributed by atoms with Crippen molar-refractivity contribution in [1.29, 1.82) is 0 Å². The average Bonchev–Trinajstić information content (AvgIpc) is 2.83. The zero-order valence-electron chi connectivity index (χ0n) is 13.8. The van der Waals surface area contributed by atoms with Gasteiger partial charge in [-0.05, 0) is 44.9 Å². The minimum Gasteiger partial charge on any atom is -0.423 e. The van der Waals surface area contributed by atoms with Crippen molar-refractivity contribution in [2.75, 3.05) is 0 Å². The van der Waals surface area contributed by atoms with Crippen LogP contribution in [-0.4, -0.2) is 17.2 Å². The maximum absolute atomic E-state index is 9.48. The quantitative estimate of drug-likeness (QED) is 0.712. The normalized spacial score (nSPS) is 14.2.